The van der Waals surface area contributed by atoms with Crippen LogP contribution in [0.25, 0.3) is 0 Å². The molecule has 0 N–H and O–H groups in total. The molecule has 0 saturated heterocycles. The molecule has 0 rings (SSSR count). The number of alkyl halides is 2. The van der Waals surface area contributed by atoms with Crippen molar-refractivity contribution in [1.82, 2.24) is 0 Å². The van der Waals surface area contributed by atoms with Crippen molar-refractivity contribution in [2.45, 2.75) is 4.83 Å². The molecule has 0 heterocycles. The highest BCUT2D eigenvalue weighted by Gasteiger charge is 1.94. The molecule has 6 heavy (non-hydrogen) atoms. The number of halogens is 2. The van der Waals surface area contributed by atoms with Crippen molar-refractivity contribution in [3.63, 3.8) is 0 Å². The third kappa shape index (κ3) is 3.50. The highest BCUT2D eigenvalue weighted by Crippen LogP contribution is 2.03. The average molecular weight is 233 g/mol. The lowest BCUT2D eigenvalue weighted by Gasteiger charge is -1.93. The fourth-order valence-electron chi connectivity index (χ4n) is 0.0445. The number of hydrogen-bond donors (Lipinski definition) is 0. The first-order valence-electron chi connectivity index (χ1n) is 1.59. The zero-order valence-corrected chi connectivity index (χ0v) is 7.14. The minimum absolute atomic E-state index is 0.479. The van der Waals surface area contributed by atoms with Crippen molar-refractivity contribution in [2.24, 2.45) is 0 Å². The van der Waals surface area contributed by atoms with Gasteiger partial charge in [0.15, 0.2) is 0 Å². The van der Waals surface area contributed by atoms with Gasteiger partial charge in [0.05, 0.1) is 0 Å². The Bertz CT molecular complexity index is 28.0. The van der Waals surface area contributed by atoms with Crippen molar-refractivity contribution in [1.29, 1.82) is 0 Å². The Labute approximate surface area is 60.4 Å². The fraction of sp³-hybridized carbons (Fsp3) is 1.00. The van der Waals surface area contributed by atoms with E-state index in [0.29, 0.717) is 4.83 Å². The van der Waals surface area contributed by atoms with Crippen molar-refractivity contribution in [3.05, 3.63) is 0 Å². The fourth-order valence-corrected chi connectivity index (χ4v) is 0.694. The van der Waals surface area contributed by atoms with Gasteiger partial charge in [0.2, 0.25) is 0 Å². The van der Waals surface area contributed by atoms with E-state index in [9.17, 15) is 0 Å². The monoisotopic (exact) mass is 231 g/mol. The molecule has 0 aromatic heterocycles. The average Bonchev–Trinajstić information content (AvgIpc) is 1.65. The van der Waals surface area contributed by atoms with Crippen LogP contribution in [-0.4, -0.2) is 15.9 Å². The zero-order valence-electron chi connectivity index (χ0n) is 3.16. The lowest BCUT2D eigenvalue weighted by atomic mass is 10.6. The molecule has 0 amide bonds. The summed E-state index contributed by atoms with van der Waals surface area (Å²) in [5, 5.41) is 0.955. The van der Waals surface area contributed by atoms with Crippen LogP contribution in [0.4, 0.5) is 0 Å². The summed E-state index contributed by atoms with van der Waals surface area (Å²) in [4.78, 5) is 0.479. The molecule has 0 aliphatic rings. The van der Waals surface area contributed by atoms with Crippen LogP contribution in [0, 0.1) is 0 Å². The van der Waals surface area contributed by atoms with Gasteiger partial charge >= 0.3 is 0 Å². The van der Waals surface area contributed by atoms with Crippen molar-refractivity contribution >= 4 is 44.5 Å². The van der Waals surface area contributed by atoms with Crippen LogP contribution >= 0.6 is 44.5 Å². The molecule has 0 nitrogen and oxygen atoms in total. The van der Waals surface area contributed by atoms with Crippen molar-refractivity contribution in [2.75, 3.05) is 11.1 Å². The summed E-state index contributed by atoms with van der Waals surface area (Å²) in [6.45, 7) is 0. The van der Waals surface area contributed by atoms with Crippen LogP contribution in [0.5, 0.6) is 0 Å². The molecule has 3 heteroatoms. The molecule has 1 unspecified atom stereocenters. The van der Waals surface area contributed by atoms with Crippen LogP contribution in [0.1, 0.15) is 0 Å². The highest BCUT2D eigenvalue weighted by molar-refractivity contribution is 9.12. The molecule has 0 bridgehead atoms. The molecule has 1 atom stereocenters. The molecule has 0 aromatic carbocycles. The summed E-state index contributed by atoms with van der Waals surface area (Å²) >= 11 is 11.3. The van der Waals surface area contributed by atoms with Gasteiger partial charge in [-0.15, -0.1) is 0 Å². The highest BCUT2D eigenvalue weighted by atomic mass is 79.9. The van der Waals surface area contributed by atoms with E-state index in [1.807, 2.05) is 0 Å². The Balaban J connectivity index is 2.75. The topological polar surface area (TPSA) is 0 Å². The Hall–Kier alpha value is 1.31. The first-order valence-corrected chi connectivity index (χ1v) is 4.21. The molecule has 0 spiro atoms. The summed E-state index contributed by atoms with van der Waals surface area (Å²) in [5.74, 6) is 0.783. The van der Waals surface area contributed by atoms with Crippen LogP contribution < -0.4 is 0 Å². The van der Waals surface area contributed by atoms with E-state index in [2.05, 4.69) is 31.9 Å². The maximum absolute atomic E-state index is 4.70. The first-order chi connectivity index (χ1) is 2.81. The summed E-state index contributed by atoms with van der Waals surface area (Å²) < 4.78 is 0. The second-order valence-electron chi connectivity index (χ2n) is 0.918. The Morgan fingerprint density at radius 3 is 2.17 bits per heavy atom. The van der Waals surface area contributed by atoms with Gasteiger partial charge < -0.3 is 0 Å². The molecule has 0 aromatic rings. The van der Waals surface area contributed by atoms with E-state index in [1.165, 1.54) is 0 Å². The second kappa shape index (κ2) is 4.47. The predicted octanol–water partition coefficient (Wildman–Crippen LogP) is 2.34. The van der Waals surface area contributed by atoms with Crippen molar-refractivity contribution in [3.8, 4) is 0 Å². The van der Waals surface area contributed by atoms with Crippen LogP contribution in [0.2, 0.25) is 0 Å². The normalized spacial score (nSPS) is 14.5. The molecule has 0 aliphatic heterocycles. The molecule has 1 radical (unpaired) electrons. The molecule has 37 valence electrons. The number of rotatable bonds is 2. The summed E-state index contributed by atoms with van der Waals surface area (Å²) in [5.41, 5.74) is 0. The SMILES string of the molecule is [S]CC(Br)CBr. The van der Waals surface area contributed by atoms with E-state index in [4.69, 9.17) is 12.6 Å². The predicted molar refractivity (Wildman–Crippen MR) is 39.0 cm³/mol. The van der Waals surface area contributed by atoms with Crippen LogP contribution in [0.3, 0.4) is 0 Å². The minimum Gasteiger partial charge on any atom is -0.0929 e. The summed E-state index contributed by atoms with van der Waals surface area (Å²) in [7, 11) is 0. The third-order valence-corrected chi connectivity index (χ3v) is 3.48. The summed E-state index contributed by atoms with van der Waals surface area (Å²) in [6.07, 6.45) is 0. The van der Waals surface area contributed by atoms with Crippen molar-refractivity contribution < 1.29 is 0 Å². The number of hydrogen-bond acceptors (Lipinski definition) is 0. The van der Waals surface area contributed by atoms with Gasteiger partial charge in [0.25, 0.3) is 0 Å². The smallest absolute Gasteiger partial charge is 0.0341 e. The van der Waals surface area contributed by atoms with Gasteiger partial charge in [-0.25, -0.2) is 0 Å². The van der Waals surface area contributed by atoms with E-state index < -0.39 is 0 Å². The quantitative estimate of drug-likeness (QED) is 0.642. The lowest BCUT2D eigenvalue weighted by molar-refractivity contribution is 1.19. The van der Waals surface area contributed by atoms with Gasteiger partial charge in [-0.2, -0.15) is 0 Å². The Morgan fingerprint density at radius 2 is 2.17 bits per heavy atom. The van der Waals surface area contributed by atoms with E-state index in [-0.39, 0.29) is 0 Å². The van der Waals surface area contributed by atoms with Gasteiger partial charge in [-0.1, -0.05) is 44.5 Å². The van der Waals surface area contributed by atoms with Crippen LogP contribution in [0.15, 0.2) is 0 Å². The maximum Gasteiger partial charge on any atom is 0.0341 e. The van der Waals surface area contributed by atoms with Gasteiger partial charge in [-0.05, 0) is 0 Å². The second-order valence-corrected chi connectivity index (χ2v) is 3.19. The van der Waals surface area contributed by atoms with Gasteiger partial charge in [0.1, 0.15) is 0 Å². The summed E-state index contributed by atoms with van der Waals surface area (Å²) in [6, 6.07) is 0. The third-order valence-electron chi connectivity index (χ3n) is 0.348. The molecule has 0 saturated carbocycles. The largest absolute Gasteiger partial charge is 0.0929 e. The van der Waals surface area contributed by atoms with E-state index in [1.54, 1.807) is 0 Å². The van der Waals surface area contributed by atoms with Gasteiger partial charge in [-0.3, -0.25) is 0 Å². The van der Waals surface area contributed by atoms with E-state index >= 15 is 0 Å². The standard InChI is InChI=1S/C3H5Br2S/c4-1-3(5)2-6/h3H,1-2H2. The molecular formula is C3H5Br2S. The molecular weight excluding hydrogens is 228 g/mol. The Morgan fingerprint density at radius 1 is 1.67 bits per heavy atom. The van der Waals surface area contributed by atoms with Crippen LogP contribution in [-0.2, 0) is 0 Å². The van der Waals surface area contributed by atoms with Gasteiger partial charge in [0, 0.05) is 15.9 Å². The Kier molecular flexibility index (Phi) is 5.44. The zero-order chi connectivity index (χ0) is 4.99. The van der Waals surface area contributed by atoms with E-state index in [0.717, 1.165) is 11.1 Å². The minimum atomic E-state index is 0.479. The lowest BCUT2D eigenvalue weighted by Crippen LogP contribution is -1.98. The molecule has 0 fully saturated rings. The first kappa shape index (κ1) is 7.31. The molecule has 0 aliphatic carbocycles. The maximum atomic E-state index is 4.70.